The zero-order chi connectivity index (χ0) is 12.5. The second kappa shape index (κ2) is 4.55. The summed E-state index contributed by atoms with van der Waals surface area (Å²) in [7, 11) is 1.94. The molecule has 0 aliphatic carbocycles. The zero-order valence-electron chi connectivity index (χ0n) is 9.82. The average Bonchev–Trinajstić information content (AvgIpc) is 2.33. The van der Waals surface area contributed by atoms with Crippen molar-refractivity contribution in [2.24, 2.45) is 0 Å². The number of Topliss-reactive ketones (excluding diaryl/α,β-unsaturated/α-hetero) is 1. The molecule has 1 aromatic rings. The Labute approximate surface area is 99.9 Å². The molecule has 0 saturated carbocycles. The van der Waals surface area contributed by atoms with E-state index in [0.29, 0.717) is 25.9 Å². The normalized spacial score (nSPS) is 20.2. The Hall–Kier alpha value is -1.26. The maximum Gasteiger partial charge on any atom is 0.197 e. The lowest BCUT2D eigenvalue weighted by Gasteiger charge is -2.35. The number of likely N-dealkylation sites (tertiary alicyclic amines) is 1. The Morgan fingerprint density at radius 3 is 2.53 bits per heavy atom. The quantitative estimate of drug-likeness (QED) is 0.792. The van der Waals surface area contributed by atoms with E-state index in [9.17, 15) is 14.3 Å². The lowest BCUT2D eigenvalue weighted by Crippen LogP contribution is -2.48. The Morgan fingerprint density at radius 2 is 1.94 bits per heavy atom. The number of nitrogens with zero attached hydrogens (tertiary/aromatic N) is 1. The van der Waals surface area contributed by atoms with Gasteiger partial charge >= 0.3 is 0 Å². The van der Waals surface area contributed by atoms with Gasteiger partial charge in [-0.15, -0.1) is 0 Å². The van der Waals surface area contributed by atoms with E-state index in [1.54, 1.807) is 6.07 Å². The fourth-order valence-corrected chi connectivity index (χ4v) is 2.11. The summed E-state index contributed by atoms with van der Waals surface area (Å²) in [5, 5.41) is 10.3. The van der Waals surface area contributed by atoms with Crippen LogP contribution in [0.5, 0.6) is 0 Å². The molecule has 0 unspecified atom stereocenters. The minimum atomic E-state index is -1.41. The highest BCUT2D eigenvalue weighted by Crippen LogP contribution is 2.26. The maximum absolute atomic E-state index is 13.5. The molecule has 1 saturated heterocycles. The zero-order valence-corrected chi connectivity index (χ0v) is 9.82. The van der Waals surface area contributed by atoms with Gasteiger partial charge in [0.15, 0.2) is 5.78 Å². The van der Waals surface area contributed by atoms with E-state index in [4.69, 9.17) is 0 Å². The van der Waals surface area contributed by atoms with Crippen LogP contribution in [0.2, 0.25) is 0 Å². The molecule has 3 nitrogen and oxygen atoms in total. The standard InChI is InChI=1S/C13H16FNO2/c1-15-8-6-13(17,7-9-15)12(16)10-4-2-3-5-11(10)14/h2-5,17H,6-9H2,1H3. The molecule has 0 aromatic heterocycles. The molecule has 92 valence electrons. The number of carbonyl (C=O) groups is 1. The predicted molar refractivity (Wildman–Crippen MR) is 62.4 cm³/mol. The van der Waals surface area contributed by atoms with Crippen molar-refractivity contribution in [3.05, 3.63) is 35.6 Å². The lowest BCUT2D eigenvalue weighted by atomic mass is 9.84. The van der Waals surface area contributed by atoms with Crippen LogP contribution in [0.3, 0.4) is 0 Å². The summed E-state index contributed by atoms with van der Waals surface area (Å²) in [5.41, 5.74) is -1.42. The van der Waals surface area contributed by atoms with Gasteiger partial charge in [-0.2, -0.15) is 0 Å². The van der Waals surface area contributed by atoms with Gasteiger partial charge in [-0.3, -0.25) is 4.79 Å². The van der Waals surface area contributed by atoms with Crippen molar-refractivity contribution in [2.45, 2.75) is 18.4 Å². The summed E-state index contributed by atoms with van der Waals surface area (Å²) < 4.78 is 13.5. The summed E-state index contributed by atoms with van der Waals surface area (Å²) in [5.74, 6) is -1.06. The van der Waals surface area contributed by atoms with Gasteiger partial charge in [0.2, 0.25) is 0 Å². The van der Waals surface area contributed by atoms with E-state index in [1.165, 1.54) is 18.2 Å². The molecule has 1 aromatic carbocycles. The van der Waals surface area contributed by atoms with Gasteiger partial charge in [0.1, 0.15) is 11.4 Å². The number of hydrogen-bond donors (Lipinski definition) is 1. The molecule has 17 heavy (non-hydrogen) atoms. The molecule has 1 fully saturated rings. The van der Waals surface area contributed by atoms with Gasteiger partial charge < -0.3 is 10.0 Å². The fraction of sp³-hybridized carbons (Fsp3) is 0.462. The third-order valence-corrected chi connectivity index (χ3v) is 3.36. The first kappa shape index (κ1) is 12.2. The van der Waals surface area contributed by atoms with Gasteiger partial charge in [-0.1, -0.05) is 12.1 Å². The van der Waals surface area contributed by atoms with Crippen LogP contribution in [0.4, 0.5) is 4.39 Å². The van der Waals surface area contributed by atoms with Gasteiger partial charge in [-0.05, 0) is 32.0 Å². The van der Waals surface area contributed by atoms with Gasteiger partial charge in [-0.25, -0.2) is 4.39 Å². The van der Waals surface area contributed by atoms with Crippen molar-refractivity contribution in [2.75, 3.05) is 20.1 Å². The second-order valence-electron chi connectivity index (χ2n) is 4.64. The van der Waals surface area contributed by atoms with E-state index >= 15 is 0 Å². The Morgan fingerprint density at radius 1 is 1.35 bits per heavy atom. The first-order valence-electron chi connectivity index (χ1n) is 5.73. The first-order valence-corrected chi connectivity index (χ1v) is 5.73. The molecule has 0 bridgehead atoms. The Balaban J connectivity index is 2.23. The van der Waals surface area contributed by atoms with Crippen LogP contribution in [0.15, 0.2) is 24.3 Å². The van der Waals surface area contributed by atoms with Gasteiger partial charge in [0, 0.05) is 13.1 Å². The molecule has 2 rings (SSSR count). The van der Waals surface area contributed by atoms with Crippen molar-refractivity contribution in [1.29, 1.82) is 0 Å². The third-order valence-electron chi connectivity index (χ3n) is 3.36. The minimum Gasteiger partial charge on any atom is -0.382 e. The summed E-state index contributed by atoms with van der Waals surface area (Å²) in [6.07, 6.45) is 0.716. The van der Waals surface area contributed by atoms with Gasteiger partial charge in [0.25, 0.3) is 0 Å². The first-order chi connectivity index (χ1) is 8.03. The number of piperidine rings is 1. The van der Waals surface area contributed by atoms with Crippen LogP contribution < -0.4 is 0 Å². The van der Waals surface area contributed by atoms with Crippen molar-refractivity contribution < 1.29 is 14.3 Å². The van der Waals surface area contributed by atoms with E-state index in [1.807, 2.05) is 11.9 Å². The molecule has 1 aliphatic rings. The highest BCUT2D eigenvalue weighted by molar-refractivity contribution is 6.02. The lowest BCUT2D eigenvalue weighted by molar-refractivity contribution is -0.00228. The molecule has 0 spiro atoms. The summed E-state index contributed by atoms with van der Waals surface area (Å²) in [6.45, 7) is 1.30. The van der Waals surface area contributed by atoms with Gasteiger partial charge in [0.05, 0.1) is 5.56 Å². The molecular formula is C13H16FNO2. The number of rotatable bonds is 2. The summed E-state index contributed by atoms with van der Waals surface area (Å²) in [4.78, 5) is 14.2. The second-order valence-corrected chi connectivity index (χ2v) is 4.64. The number of carbonyl (C=O) groups excluding carboxylic acids is 1. The van der Waals surface area contributed by atoms with E-state index < -0.39 is 17.2 Å². The van der Waals surface area contributed by atoms with Crippen LogP contribution in [0.1, 0.15) is 23.2 Å². The van der Waals surface area contributed by atoms with E-state index in [0.717, 1.165) is 0 Å². The predicted octanol–water partition coefficient (Wildman–Crippen LogP) is 1.47. The minimum absolute atomic E-state index is 0.0143. The molecule has 0 radical (unpaired) electrons. The molecular weight excluding hydrogens is 221 g/mol. The van der Waals surface area contributed by atoms with Crippen LogP contribution in [-0.2, 0) is 0 Å². The number of ketones is 1. The van der Waals surface area contributed by atoms with Crippen LogP contribution in [-0.4, -0.2) is 41.5 Å². The molecule has 1 N–H and O–H groups in total. The van der Waals surface area contributed by atoms with Crippen molar-refractivity contribution in [3.63, 3.8) is 0 Å². The number of benzene rings is 1. The highest BCUT2D eigenvalue weighted by Gasteiger charge is 2.39. The molecule has 1 heterocycles. The monoisotopic (exact) mass is 237 g/mol. The molecule has 4 heteroatoms. The Bertz CT molecular complexity index is 425. The molecule has 0 amide bonds. The smallest absolute Gasteiger partial charge is 0.197 e. The number of halogens is 1. The number of hydrogen-bond acceptors (Lipinski definition) is 3. The largest absolute Gasteiger partial charge is 0.382 e. The van der Waals surface area contributed by atoms with E-state index in [2.05, 4.69) is 0 Å². The van der Waals surface area contributed by atoms with Crippen molar-refractivity contribution in [1.82, 2.24) is 4.90 Å². The van der Waals surface area contributed by atoms with Crippen LogP contribution in [0, 0.1) is 5.82 Å². The SMILES string of the molecule is CN1CCC(O)(C(=O)c2ccccc2F)CC1. The fourth-order valence-electron chi connectivity index (χ4n) is 2.11. The molecule has 1 aliphatic heterocycles. The molecule has 0 atom stereocenters. The van der Waals surface area contributed by atoms with Crippen LogP contribution >= 0.6 is 0 Å². The Kier molecular flexibility index (Phi) is 3.26. The van der Waals surface area contributed by atoms with Crippen molar-refractivity contribution >= 4 is 5.78 Å². The maximum atomic E-state index is 13.5. The number of aliphatic hydroxyl groups is 1. The van der Waals surface area contributed by atoms with Crippen molar-refractivity contribution in [3.8, 4) is 0 Å². The topological polar surface area (TPSA) is 40.5 Å². The van der Waals surface area contributed by atoms with E-state index in [-0.39, 0.29) is 5.56 Å². The van der Waals surface area contributed by atoms with Crippen LogP contribution in [0.25, 0.3) is 0 Å². The highest BCUT2D eigenvalue weighted by atomic mass is 19.1. The summed E-state index contributed by atoms with van der Waals surface area (Å²) in [6, 6.07) is 5.80. The average molecular weight is 237 g/mol. The summed E-state index contributed by atoms with van der Waals surface area (Å²) >= 11 is 0. The third kappa shape index (κ3) is 2.37.